The lowest BCUT2D eigenvalue weighted by Crippen LogP contribution is -2.56. The van der Waals surface area contributed by atoms with Crippen LogP contribution >= 0.6 is 11.6 Å². The van der Waals surface area contributed by atoms with Crippen molar-refractivity contribution in [2.75, 3.05) is 5.32 Å². The standard InChI is InChI=1S/C15H17ClN2O/c1-15(2)13(8-14(15)19)18-11-5-6-17-12-7-9(16)3-4-10(11)12/h3-7,13-14,19H,8H2,1-2H3,(H,17,18). The molecule has 2 aromatic rings. The molecule has 3 rings (SSSR count). The Morgan fingerprint density at radius 3 is 2.84 bits per heavy atom. The van der Waals surface area contributed by atoms with Gasteiger partial charge in [-0.05, 0) is 30.7 Å². The molecule has 0 aliphatic heterocycles. The molecule has 0 amide bonds. The summed E-state index contributed by atoms with van der Waals surface area (Å²) >= 11 is 5.99. The average molecular weight is 277 g/mol. The minimum Gasteiger partial charge on any atom is -0.392 e. The van der Waals surface area contributed by atoms with E-state index in [0.29, 0.717) is 5.02 Å². The maximum Gasteiger partial charge on any atom is 0.0737 e. The largest absolute Gasteiger partial charge is 0.392 e. The first-order valence-corrected chi connectivity index (χ1v) is 6.85. The smallest absolute Gasteiger partial charge is 0.0737 e. The molecule has 0 saturated heterocycles. The number of pyridine rings is 1. The Kier molecular flexibility index (Phi) is 2.91. The summed E-state index contributed by atoms with van der Waals surface area (Å²) in [6.45, 7) is 4.16. The van der Waals surface area contributed by atoms with Crippen molar-refractivity contribution in [1.29, 1.82) is 0 Å². The van der Waals surface area contributed by atoms with Crippen molar-refractivity contribution in [3.63, 3.8) is 0 Å². The highest BCUT2D eigenvalue weighted by Crippen LogP contribution is 2.42. The average Bonchev–Trinajstić information content (AvgIpc) is 2.38. The summed E-state index contributed by atoms with van der Waals surface area (Å²) in [6, 6.07) is 7.97. The van der Waals surface area contributed by atoms with Gasteiger partial charge in [-0.3, -0.25) is 4.98 Å². The van der Waals surface area contributed by atoms with E-state index < -0.39 is 0 Å². The first-order valence-electron chi connectivity index (χ1n) is 6.47. The maximum absolute atomic E-state index is 9.80. The predicted octanol–water partition coefficient (Wildman–Crippen LogP) is 3.46. The third-order valence-corrected chi connectivity index (χ3v) is 4.49. The molecule has 4 heteroatoms. The fraction of sp³-hybridized carbons (Fsp3) is 0.400. The fourth-order valence-electron chi connectivity index (χ4n) is 2.58. The van der Waals surface area contributed by atoms with Gasteiger partial charge in [-0.2, -0.15) is 0 Å². The van der Waals surface area contributed by atoms with Crippen molar-refractivity contribution in [2.24, 2.45) is 5.41 Å². The first kappa shape index (κ1) is 12.7. The van der Waals surface area contributed by atoms with Crippen LogP contribution in [0.15, 0.2) is 30.5 Å². The van der Waals surface area contributed by atoms with E-state index in [0.717, 1.165) is 23.0 Å². The molecule has 1 fully saturated rings. The van der Waals surface area contributed by atoms with Crippen LogP contribution in [0.2, 0.25) is 5.02 Å². The van der Waals surface area contributed by atoms with Crippen molar-refractivity contribution in [2.45, 2.75) is 32.4 Å². The van der Waals surface area contributed by atoms with Crippen LogP contribution in [0.3, 0.4) is 0 Å². The van der Waals surface area contributed by atoms with Gasteiger partial charge in [-0.1, -0.05) is 25.4 Å². The van der Waals surface area contributed by atoms with Crippen LogP contribution in [0, 0.1) is 5.41 Å². The molecular formula is C15H17ClN2O. The number of halogens is 1. The van der Waals surface area contributed by atoms with Crippen LogP contribution in [0.25, 0.3) is 10.9 Å². The quantitative estimate of drug-likeness (QED) is 0.883. The summed E-state index contributed by atoms with van der Waals surface area (Å²) in [5.74, 6) is 0. The summed E-state index contributed by atoms with van der Waals surface area (Å²) in [4.78, 5) is 4.33. The summed E-state index contributed by atoms with van der Waals surface area (Å²) in [7, 11) is 0. The molecule has 1 saturated carbocycles. The number of anilines is 1. The van der Waals surface area contributed by atoms with Crippen molar-refractivity contribution >= 4 is 28.2 Å². The zero-order valence-corrected chi connectivity index (χ0v) is 11.8. The summed E-state index contributed by atoms with van der Waals surface area (Å²) in [6.07, 6.45) is 2.33. The molecule has 19 heavy (non-hydrogen) atoms. The van der Waals surface area contributed by atoms with Crippen molar-refractivity contribution in [3.05, 3.63) is 35.5 Å². The summed E-state index contributed by atoms with van der Waals surface area (Å²) in [5, 5.41) is 15.1. The monoisotopic (exact) mass is 276 g/mol. The molecule has 1 heterocycles. The number of aliphatic hydroxyl groups is 1. The van der Waals surface area contributed by atoms with E-state index in [1.54, 1.807) is 6.20 Å². The van der Waals surface area contributed by atoms with E-state index in [9.17, 15) is 5.11 Å². The van der Waals surface area contributed by atoms with Gasteiger partial charge in [0.15, 0.2) is 0 Å². The Labute approximate surface area is 117 Å². The van der Waals surface area contributed by atoms with Crippen LogP contribution in [0.4, 0.5) is 5.69 Å². The van der Waals surface area contributed by atoms with E-state index in [4.69, 9.17) is 11.6 Å². The van der Waals surface area contributed by atoms with Crippen molar-refractivity contribution in [1.82, 2.24) is 4.98 Å². The lowest BCUT2D eigenvalue weighted by Gasteiger charge is -2.50. The van der Waals surface area contributed by atoms with E-state index in [-0.39, 0.29) is 17.6 Å². The lowest BCUT2D eigenvalue weighted by atomic mass is 9.64. The molecule has 1 aromatic carbocycles. The highest BCUT2D eigenvalue weighted by Gasteiger charge is 2.47. The summed E-state index contributed by atoms with van der Waals surface area (Å²) < 4.78 is 0. The molecule has 2 N–H and O–H groups in total. The minimum absolute atomic E-state index is 0.0952. The molecule has 2 atom stereocenters. The number of hydrogen-bond donors (Lipinski definition) is 2. The van der Waals surface area contributed by atoms with E-state index in [2.05, 4.69) is 24.1 Å². The van der Waals surface area contributed by atoms with E-state index >= 15 is 0 Å². The van der Waals surface area contributed by atoms with Crippen molar-refractivity contribution < 1.29 is 5.11 Å². The molecule has 0 bridgehead atoms. The molecule has 1 aliphatic carbocycles. The maximum atomic E-state index is 9.80. The predicted molar refractivity (Wildman–Crippen MR) is 78.6 cm³/mol. The van der Waals surface area contributed by atoms with Crippen LogP contribution in [-0.4, -0.2) is 22.2 Å². The fourth-order valence-corrected chi connectivity index (χ4v) is 2.75. The third kappa shape index (κ3) is 2.07. The van der Waals surface area contributed by atoms with Crippen LogP contribution in [0.5, 0.6) is 0 Å². The molecule has 0 spiro atoms. The first-order chi connectivity index (χ1) is 8.98. The molecule has 100 valence electrons. The number of nitrogens with zero attached hydrogens (tertiary/aromatic N) is 1. The number of aliphatic hydroxyl groups excluding tert-OH is 1. The molecule has 1 aromatic heterocycles. The summed E-state index contributed by atoms with van der Waals surface area (Å²) in [5.41, 5.74) is 1.84. The van der Waals surface area contributed by atoms with Gasteiger partial charge in [0.1, 0.15) is 0 Å². The molecule has 3 nitrogen and oxygen atoms in total. The highest BCUT2D eigenvalue weighted by atomic mass is 35.5. The Bertz CT molecular complexity index is 627. The van der Waals surface area contributed by atoms with Gasteiger partial charge in [-0.25, -0.2) is 0 Å². The molecule has 1 aliphatic rings. The number of fused-ring (bicyclic) bond motifs is 1. The lowest BCUT2D eigenvalue weighted by molar-refractivity contribution is -0.0510. The number of aromatic nitrogens is 1. The van der Waals surface area contributed by atoms with Gasteiger partial charge in [0.2, 0.25) is 0 Å². The van der Waals surface area contributed by atoms with Crippen LogP contribution in [-0.2, 0) is 0 Å². The van der Waals surface area contributed by atoms with Gasteiger partial charge < -0.3 is 10.4 Å². The van der Waals surface area contributed by atoms with Gasteiger partial charge in [0, 0.05) is 33.7 Å². The second-order valence-electron chi connectivity index (χ2n) is 5.79. The number of nitrogens with one attached hydrogen (secondary N) is 1. The SMILES string of the molecule is CC1(C)C(O)CC1Nc1ccnc2cc(Cl)ccc12. The topological polar surface area (TPSA) is 45.1 Å². The van der Waals surface area contributed by atoms with Crippen LogP contribution < -0.4 is 5.32 Å². The third-order valence-electron chi connectivity index (χ3n) is 4.25. The molecule has 2 unspecified atom stereocenters. The van der Waals surface area contributed by atoms with E-state index in [1.807, 2.05) is 24.3 Å². The van der Waals surface area contributed by atoms with Crippen molar-refractivity contribution in [3.8, 4) is 0 Å². The van der Waals surface area contributed by atoms with E-state index in [1.165, 1.54) is 0 Å². The Hall–Kier alpha value is -1.32. The molecule has 0 radical (unpaired) electrons. The second-order valence-corrected chi connectivity index (χ2v) is 6.23. The zero-order valence-electron chi connectivity index (χ0n) is 11.0. The normalized spacial score (nSPS) is 25.1. The Balaban J connectivity index is 1.94. The zero-order chi connectivity index (χ0) is 13.6. The van der Waals surface area contributed by atoms with Gasteiger partial charge in [-0.15, -0.1) is 0 Å². The highest BCUT2D eigenvalue weighted by molar-refractivity contribution is 6.31. The minimum atomic E-state index is -0.229. The van der Waals surface area contributed by atoms with Gasteiger partial charge >= 0.3 is 0 Å². The second kappa shape index (κ2) is 4.36. The van der Waals surface area contributed by atoms with Crippen LogP contribution in [0.1, 0.15) is 20.3 Å². The van der Waals surface area contributed by atoms with Gasteiger partial charge in [0.05, 0.1) is 11.6 Å². The number of benzene rings is 1. The Morgan fingerprint density at radius 1 is 1.37 bits per heavy atom. The number of rotatable bonds is 2. The Morgan fingerprint density at radius 2 is 2.16 bits per heavy atom. The molecular weight excluding hydrogens is 260 g/mol. The number of hydrogen-bond acceptors (Lipinski definition) is 3. The van der Waals surface area contributed by atoms with Gasteiger partial charge in [0.25, 0.3) is 0 Å².